The minimum Gasteiger partial charge on any atom is -0.497 e. The summed E-state index contributed by atoms with van der Waals surface area (Å²) in [5.41, 5.74) is 1.98. The van der Waals surface area contributed by atoms with Crippen LogP contribution in [0.25, 0.3) is 11.1 Å². The Hall–Kier alpha value is -4.65. The van der Waals surface area contributed by atoms with Crippen LogP contribution in [0.4, 0.5) is 4.79 Å². The predicted molar refractivity (Wildman–Crippen MR) is 115 cm³/mol. The van der Waals surface area contributed by atoms with E-state index in [1.165, 1.54) is 12.0 Å². The van der Waals surface area contributed by atoms with Gasteiger partial charge in [0.15, 0.2) is 11.2 Å². The Morgan fingerprint density at radius 3 is 2.61 bits per heavy atom. The van der Waals surface area contributed by atoms with Gasteiger partial charge in [0.25, 0.3) is 11.8 Å². The Balaban J connectivity index is 1.49. The molecule has 3 heterocycles. The lowest BCUT2D eigenvalue weighted by Gasteiger charge is -2.31. The molecule has 0 bridgehead atoms. The zero-order chi connectivity index (χ0) is 23.2. The van der Waals surface area contributed by atoms with Crippen LogP contribution in [0.2, 0.25) is 0 Å². The number of methoxy groups -OCH3 is 1. The fourth-order valence-corrected chi connectivity index (χ4v) is 4.31. The maximum atomic E-state index is 13.1. The van der Waals surface area contributed by atoms with E-state index in [0.29, 0.717) is 29.0 Å². The molecule has 0 saturated carbocycles. The van der Waals surface area contributed by atoms with Gasteiger partial charge in [-0.15, -0.1) is 0 Å². The lowest BCUT2D eigenvalue weighted by Crippen LogP contribution is -2.52. The molecule has 1 fully saturated rings. The maximum absolute atomic E-state index is 13.1. The third-order valence-electron chi connectivity index (χ3n) is 6.00. The molecule has 2 aromatic carbocycles. The number of fused-ring (bicyclic) bond motifs is 1. The highest BCUT2D eigenvalue weighted by atomic mass is 16.5. The molecule has 1 aromatic heterocycles. The Kier molecular flexibility index (Phi) is 4.60. The van der Waals surface area contributed by atoms with Crippen molar-refractivity contribution in [2.45, 2.75) is 12.1 Å². The fraction of sp³-hybridized carbons (Fsp3) is 0.174. The minimum absolute atomic E-state index is 0.0467. The molecule has 2 aliphatic heterocycles. The van der Waals surface area contributed by atoms with Gasteiger partial charge < -0.3 is 15.0 Å². The summed E-state index contributed by atoms with van der Waals surface area (Å²) in [6.45, 7) is 0.261. The molecule has 33 heavy (non-hydrogen) atoms. The molecule has 5 rings (SSSR count). The van der Waals surface area contributed by atoms with Crippen molar-refractivity contribution in [1.29, 1.82) is 5.26 Å². The van der Waals surface area contributed by atoms with Crippen LogP contribution in [0.15, 0.2) is 48.7 Å². The van der Waals surface area contributed by atoms with Gasteiger partial charge in [-0.2, -0.15) is 10.4 Å². The Labute approximate surface area is 188 Å². The summed E-state index contributed by atoms with van der Waals surface area (Å²) in [6.07, 6.45) is 1.61. The number of nitrogens with one attached hydrogen (secondary N) is 3. The standard InChI is InChI=1S/C23H18N6O4/c1-33-16-7-4-14-11-29(20(30)17(14)8-16)12-23(21(31)26-22(32)27-23)15-5-2-13(3-6-15)18-10-25-28-19(18)9-24/h2-8,10H,11-12H2,1H3,(H,25,28)(H2,26,27,31,32)/t23-/m0/s1. The van der Waals surface area contributed by atoms with Crippen molar-refractivity contribution in [1.82, 2.24) is 25.7 Å². The van der Waals surface area contributed by atoms with Gasteiger partial charge in [0.2, 0.25) is 0 Å². The Morgan fingerprint density at radius 2 is 1.94 bits per heavy atom. The highest BCUT2D eigenvalue weighted by molar-refractivity contribution is 6.08. The highest BCUT2D eigenvalue weighted by Gasteiger charge is 2.50. The van der Waals surface area contributed by atoms with Gasteiger partial charge in [-0.1, -0.05) is 30.3 Å². The number of aromatic nitrogens is 2. The van der Waals surface area contributed by atoms with E-state index in [1.54, 1.807) is 42.6 Å². The van der Waals surface area contributed by atoms with Crippen LogP contribution in [0.1, 0.15) is 27.2 Å². The first-order chi connectivity index (χ1) is 15.9. The second-order valence-corrected chi connectivity index (χ2v) is 7.83. The van der Waals surface area contributed by atoms with Crippen LogP contribution in [-0.2, 0) is 16.9 Å². The average molecular weight is 442 g/mol. The van der Waals surface area contributed by atoms with Crippen molar-refractivity contribution in [3.8, 4) is 22.9 Å². The molecule has 164 valence electrons. The number of urea groups is 1. The first kappa shape index (κ1) is 20.3. The van der Waals surface area contributed by atoms with Crippen LogP contribution < -0.4 is 15.4 Å². The first-order valence-electron chi connectivity index (χ1n) is 10.1. The lowest BCUT2D eigenvalue weighted by atomic mass is 9.88. The average Bonchev–Trinajstić information content (AvgIpc) is 3.50. The molecule has 3 aromatic rings. The van der Waals surface area contributed by atoms with E-state index in [9.17, 15) is 19.6 Å². The highest BCUT2D eigenvalue weighted by Crippen LogP contribution is 2.33. The number of imide groups is 1. The van der Waals surface area contributed by atoms with Crippen LogP contribution in [-0.4, -0.2) is 46.6 Å². The molecular formula is C23H18N6O4. The first-order valence-corrected chi connectivity index (χ1v) is 10.1. The number of carbonyl (C=O) groups is 3. The summed E-state index contributed by atoms with van der Waals surface area (Å²) in [5, 5.41) is 20.8. The topological polar surface area (TPSA) is 140 Å². The van der Waals surface area contributed by atoms with E-state index in [-0.39, 0.29) is 18.1 Å². The molecule has 0 spiro atoms. The largest absolute Gasteiger partial charge is 0.497 e. The summed E-state index contributed by atoms with van der Waals surface area (Å²) in [5.74, 6) is -0.217. The van der Waals surface area contributed by atoms with E-state index in [2.05, 4.69) is 20.8 Å². The van der Waals surface area contributed by atoms with Crippen molar-refractivity contribution in [2.75, 3.05) is 13.7 Å². The number of ether oxygens (including phenoxy) is 1. The van der Waals surface area contributed by atoms with E-state index in [0.717, 1.165) is 11.1 Å². The van der Waals surface area contributed by atoms with E-state index < -0.39 is 17.5 Å². The fourth-order valence-electron chi connectivity index (χ4n) is 4.31. The molecule has 2 aliphatic rings. The number of nitrogens with zero attached hydrogens (tertiary/aromatic N) is 3. The molecule has 10 nitrogen and oxygen atoms in total. The minimum atomic E-state index is -1.45. The Bertz CT molecular complexity index is 1340. The molecule has 1 atom stereocenters. The van der Waals surface area contributed by atoms with Gasteiger partial charge in [0.05, 0.1) is 13.7 Å². The normalized spacial score (nSPS) is 19.2. The lowest BCUT2D eigenvalue weighted by molar-refractivity contribution is -0.124. The number of H-pyrrole nitrogens is 1. The Morgan fingerprint density at radius 1 is 1.15 bits per heavy atom. The molecular weight excluding hydrogens is 424 g/mol. The van der Waals surface area contributed by atoms with Crippen LogP contribution in [0, 0.1) is 11.3 Å². The summed E-state index contributed by atoms with van der Waals surface area (Å²) in [4.78, 5) is 39.7. The number of amides is 4. The van der Waals surface area contributed by atoms with Gasteiger partial charge in [-0.25, -0.2) is 4.79 Å². The van der Waals surface area contributed by atoms with Crippen molar-refractivity contribution in [3.63, 3.8) is 0 Å². The van der Waals surface area contributed by atoms with Gasteiger partial charge >= 0.3 is 6.03 Å². The summed E-state index contributed by atoms with van der Waals surface area (Å²) in [7, 11) is 1.53. The molecule has 10 heteroatoms. The van der Waals surface area contributed by atoms with Crippen molar-refractivity contribution in [3.05, 3.63) is 71.0 Å². The van der Waals surface area contributed by atoms with Crippen molar-refractivity contribution in [2.24, 2.45) is 0 Å². The van der Waals surface area contributed by atoms with Gasteiger partial charge in [-0.05, 0) is 28.8 Å². The number of carbonyl (C=O) groups excluding carboxylic acids is 3. The SMILES string of the molecule is COc1ccc2c(c1)C(=O)N(C[C@@]1(c3ccc(-c4c[nH]nc4C#N)cc3)NC(=O)NC1=O)C2. The van der Waals surface area contributed by atoms with Gasteiger partial charge in [-0.3, -0.25) is 20.0 Å². The van der Waals surface area contributed by atoms with E-state index in [4.69, 9.17) is 4.74 Å². The van der Waals surface area contributed by atoms with Crippen molar-refractivity contribution < 1.29 is 19.1 Å². The molecule has 0 aliphatic carbocycles. The maximum Gasteiger partial charge on any atom is 0.322 e. The summed E-state index contributed by atoms with van der Waals surface area (Å²) >= 11 is 0. The van der Waals surface area contributed by atoms with Crippen molar-refractivity contribution >= 4 is 17.8 Å². The molecule has 0 unspecified atom stereocenters. The molecule has 4 amide bonds. The smallest absolute Gasteiger partial charge is 0.322 e. The zero-order valence-corrected chi connectivity index (χ0v) is 17.5. The summed E-state index contributed by atoms with van der Waals surface area (Å²) in [6, 6.07) is 13.5. The molecule has 1 saturated heterocycles. The molecule has 0 radical (unpaired) electrons. The van der Waals surface area contributed by atoms with Crippen LogP contribution >= 0.6 is 0 Å². The number of nitriles is 1. The second kappa shape index (κ2) is 7.49. The number of aromatic amines is 1. The van der Waals surface area contributed by atoms with E-state index >= 15 is 0 Å². The monoisotopic (exact) mass is 442 g/mol. The summed E-state index contributed by atoms with van der Waals surface area (Å²) < 4.78 is 5.22. The number of hydrogen-bond acceptors (Lipinski definition) is 6. The molecule has 3 N–H and O–H groups in total. The van der Waals surface area contributed by atoms with Crippen LogP contribution in [0.5, 0.6) is 5.75 Å². The van der Waals surface area contributed by atoms with E-state index in [1.807, 2.05) is 12.1 Å². The number of hydrogen-bond donors (Lipinski definition) is 3. The third-order valence-corrected chi connectivity index (χ3v) is 6.00. The zero-order valence-electron chi connectivity index (χ0n) is 17.5. The third kappa shape index (κ3) is 3.18. The van der Waals surface area contributed by atoms with Gasteiger partial charge in [0.1, 0.15) is 11.8 Å². The quantitative estimate of drug-likeness (QED) is 0.513. The number of benzene rings is 2. The second-order valence-electron chi connectivity index (χ2n) is 7.83. The van der Waals surface area contributed by atoms with Gasteiger partial charge in [0, 0.05) is 23.9 Å². The number of rotatable bonds is 5. The predicted octanol–water partition coefficient (Wildman–Crippen LogP) is 1.65. The van der Waals surface area contributed by atoms with Crippen LogP contribution in [0.3, 0.4) is 0 Å².